The molecule has 2 heterocycles. The minimum absolute atomic E-state index is 0.257. The molecule has 0 unspecified atom stereocenters. The first-order valence-corrected chi connectivity index (χ1v) is 6.98. The van der Waals surface area contributed by atoms with Crippen molar-refractivity contribution in [1.29, 1.82) is 0 Å². The monoisotopic (exact) mass is 276 g/mol. The van der Waals surface area contributed by atoms with Gasteiger partial charge >= 0.3 is 5.97 Å². The van der Waals surface area contributed by atoms with Gasteiger partial charge in [-0.1, -0.05) is 6.07 Å². The fourth-order valence-corrected chi connectivity index (χ4v) is 2.55. The zero-order valence-electron chi connectivity index (χ0n) is 11.2. The first-order valence-electron chi connectivity index (χ1n) is 6.10. The molecular formula is C14H16N2O2S. The Morgan fingerprint density at radius 3 is 2.84 bits per heavy atom. The lowest BCUT2D eigenvalue weighted by molar-refractivity contribution is -0.148. The van der Waals surface area contributed by atoms with Crippen molar-refractivity contribution in [3.8, 4) is 10.7 Å². The Balaban J connectivity index is 2.28. The predicted octanol–water partition coefficient (Wildman–Crippen LogP) is 3.05. The minimum atomic E-state index is -0.737. The largest absolute Gasteiger partial charge is 0.465 e. The fourth-order valence-electron chi connectivity index (χ4n) is 1.58. The van der Waals surface area contributed by atoms with E-state index in [1.165, 1.54) is 11.3 Å². The van der Waals surface area contributed by atoms with Gasteiger partial charge in [-0.15, -0.1) is 11.3 Å². The van der Waals surface area contributed by atoms with Crippen LogP contribution in [0.3, 0.4) is 0 Å². The number of thiazole rings is 1. The van der Waals surface area contributed by atoms with Crippen LogP contribution in [-0.4, -0.2) is 22.5 Å². The third-order valence-corrected chi connectivity index (χ3v) is 3.68. The van der Waals surface area contributed by atoms with Gasteiger partial charge < -0.3 is 4.74 Å². The van der Waals surface area contributed by atoms with Crippen LogP contribution in [0.5, 0.6) is 0 Å². The Kier molecular flexibility index (Phi) is 3.95. The molecule has 0 aromatic carbocycles. The number of nitrogens with zero attached hydrogens (tertiary/aromatic N) is 2. The highest BCUT2D eigenvalue weighted by atomic mass is 32.1. The summed E-state index contributed by atoms with van der Waals surface area (Å²) in [5.74, 6) is -0.257. The van der Waals surface area contributed by atoms with Crippen molar-refractivity contribution < 1.29 is 9.53 Å². The molecule has 2 aromatic rings. The molecule has 0 amide bonds. The van der Waals surface area contributed by atoms with E-state index in [1.807, 2.05) is 37.4 Å². The van der Waals surface area contributed by atoms with Crippen LogP contribution in [0.1, 0.15) is 26.5 Å². The first-order chi connectivity index (χ1) is 9.05. The lowest BCUT2D eigenvalue weighted by Gasteiger charge is -2.19. The molecule has 4 nitrogen and oxygen atoms in total. The molecule has 2 aromatic heterocycles. The Bertz CT molecular complexity index is 564. The Morgan fingerprint density at radius 1 is 1.42 bits per heavy atom. The maximum absolute atomic E-state index is 11.9. The Hall–Kier alpha value is -1.75. The van der Waals surface area contributed by atoms with E-state index in [2.05, 4.69) is 9.97 Å². The highest BCUT2D eigenvalue weighted by molar-refractivity contribution is 7.13. The lowest BCUT2D eigenvalue weighted by Crippen LogP contribution is -2.31. The molecule has 5 heteroatoms. The number of hydrogen-bond acceptors (Lipinski definition) is 5. The maximum atomic E-state index is 11.9. The zero-order chi connectivity index (χ0) is 13.9. The van der Waals surface area contributed by atoms with Crippen molar-refractivity contribution in [3.05, 3.63) is 35.5 Å². The van der Waals surface area contributed by atoms with Gasteiger partial charge in [0.15, 0.2) is 0 Å². The number of rotatable bonds is 4. The quantitative estimate of drug-likeness (QED) is 0.805. The van der Waals surface area contributed by atoms with E-state index >= 15 is 0 Å². The van der Waals surface area contributed by atoms with Gasteiger partial charge in [0.1, 0.15) is 10.4 Å². The maximum Gasteiger partial charge on any atom is 0.317 e. The number of carbonyl (C=O) groups excluding carboxylic acids is 1. The zero-order valence-corrected chi connectivity index (χ0v) is 12.0. The number of hydrogen-bond donors (Lipinski definition) is 0. The summed E-state index contributed by atoms with van der Waals surface area (Å²) in [5, 5.41) is 2.70. The molecule has 100 valence electrons. The van der Waals surface area contributed by atoms with Gasteiger partial charge in [-0.25, -0.2) is 4.98 Å². The van der Waals surface area contributed by atoms with Gasteiger partial charge in [0.25, 0.3) is 0 Å². The number of esters is 1. The summed E-state index contributed by atoms with van der Waals surface area (Å²) in [7, 11) is 0. The third-order valence-electron chi connectivity index (χ3n) is 2.81. The van der Waals surface area contributed by atoms with Gasteiger partial charge in [0, 0.05) is 11.6 Å². The van der Waals surface area contributed by atoms with Crippen molar-refractivity contribution in [3.63, 3.8) is 0 Å². The van der Waals surface area contributed by atoms with Crippen LogP contribution in [0, 0.1) is 0 Å². The molecule has 0 saturated carbocycles. The van der Waals surface area contributed by atoms with Crippen LogP contribution in [0.2, 0.25) is 0 Å². The van der Waals surface area contributed by atoms with Crippen molar-refractivity contribution in [2.45, 2.75) is 26.2 Å². The van der Waals surface area contributed by atoms with Gasteiger partial charge in [0.2, 0.25) is 0 Å². The Morgan fingerprint density at radius 2 is 2.21 bits per heavy atom. The van der Waals surface area contributed by atoms with E-state index in [9.17, 15) is 4.79 Å². The standard InChI is InChI=1S/C14H16N2O2S/c1-4-18-13(17)14(2,3)11-9-19-12(16-11)10-7-5-6-8-15-10/h5-9H,4H2,1-3H3. The van der Waals surface area contributed by atoms with E-state index in [1.54, 1.807) is 13.1 Å². The average molecular weight is 276 g/mol. The molecule has 19 heavy (non-hydrogen) atoms. The highest BCUT2D eigenvalue weighted by Gasteiger charge is 2.34. The molecule has 0 spiro atoms. The van der Waals surface area contributed by atoms with Gasteiger partial charge in [-0.3, -0.25) is 9.78 Å². The molecule has 0 aliphatic rings. The SMILES string of the molecule is CCOC(=O)C(C)(C)c1csc(-c2ccccn2)n1. The van der Waals surface area contributed by atoms with E-state index in [-0.39, 0.29) is 5.97 Å². The van der Waals surface area contributed by atoms with E-state index in [0.717, 1.165) is 16.4 Å². The molecule has 0 saturated heterocycles. The van der Waals surface area contributed by atoms with Crippen LogP contribution in [0.25, 0.3) is 10.7 Å². The molecule has 0 fully saturated rings. The second-order valence-corrected chi connectivity index (χ2v) is 5.46. The summed E-state index contributed by atoms with van der Waals surface area (Å²) in [6.45, 7) is 5.82. The summed E-state index contributed by atoms with van der Waals surface area (Å²) in [4.78, 5) is 20.7. The lowest BCUT2D eigenvalue weighted by atomic mass is 9.90. The average Bonchev–Trinajstić information content (AvgIpc) is 2.90. The molecule has 0 radical (unpaired) electrons. The minimum Gasteiger partial charge on any atom is -0.465 e. The molecular weight excluding hydrogens is 260 g/mol. The molecule has 0 atom stereocenters. The molecule has 0 bridgehead atoms. The number of pyridine rings is 1. The molecule has 2 rings (SSSR count). The second-order valence-electron chi connectivity index (χ2n) is 4.60. The van der Waals surface area contributed by atoms with Crippen LogP contribution in [0.4, 0.5) is 0 Å². The van der Waals surface area contributed by atoms with Crippen LogP contribution in [-0.2, 0) is 14.9 Å². The molecule has 0 aliphatic carbocycles. The summed E-state index contributed by atoms with van der Waals surface area (Å²) in [6.07, 6.45) is 1.73. The van der Waals surface area contributed by atoms with Crippen molar-refractivity contribution in [2.75, 3.05) is 6.61 Å². The topological polar surface area (TPSA) is 52.1 Å². The van der Waals surface area contributed by atoms with Gasteiger partial charge in [-0.2, -0.15) is 0 Å². The second kappa shape index (κ2) is 5.48. The third kappa shape index (κ3) is 2.81. The number of aromatic nitrogens is 2. The number of ether oxygens (including phenoxy) is 1. The van der Waals surface area contributed by atoms with Crippen LogP contribution < -0.4 is 0 Å². The predicted molar refractivity (Wildman–Crippen MR) is 75.0 cm³/mol. The summed E-state index contributed by atoms with van der Waals surface area (Å²) in [6, 6.07) is 5.68. The van der Waals surface area contributed by atoms with Gasteiger partial charge in [-0.05, 0) is 32.9 Å². The van der Waals surface area contributed by atoms with Crippen LogP contribution >= 0.6 is 11.3 Å². The van der Waals surface area contributed by atoms with Gasteiger partial charge in [0.05, 0.1) is 18.0 Å². The van der Waals surface area contributed by atoms with E-state index in [0.29, 0.717) is 6.61 Å². The summed E-state index contributed by atoms with van der Waals surface area (Å²) < 4.78 is 5.09. The van der Waals surface area contributed by atoms with Crippen molar-refractivity contribution >= 4 is 17.3 Å². The van der Waals surface area contributed by atoms with E-state index in [4.69, 9.17) is 4.74 Å². The van der Waals surface area contributed by atoms with E-state index < -0.39 is 5.41 Å². The Labute approximate surface area is 116 Å². The summed E-state index contributed by atoms with van der Waals surface area (Å²) in [5.41, 5.74) is 0.800. The number of carbonyl (C=O) groups is 1. The van der Waals surface area contributed by atoms with Crippen molar-refractivity contribution in [1.82, 2.24) is 9.97 Å². The summed E-state index contributed by atoms with van der Waals surface area (Å²) >= 11 is 1.48. The molecule has 0 aliphatic heterocycles. The fraction of sp³-hybridized carbons (Fsp3) is 0.357. The highest BCUT2D eigenvalue weighted by Crippen LogP contribution is 2.30. The first kappa shape index (κ1) is 13.7. The molecule has 0 N–H and O–H groups in total. The van der Waals surface area contributed by atoms with Crippen molar-refractivity contribution in [2.24, 2.45) is 0 Å². The smallest absolute Gasteiger partial charge is 0.317 e. The normalized spacial score (nSPS) is 11.3. The van der Waals surface area contributed by atoms with Crippen LogP contribution in [0.15, 0.2) is 29.8 Å².